The molecule has 0 spiro atoms. The van der Waals surface area contributed by atoms with E-state index in [-0.39, 0.29) is 12.8 Å². The summed E-state index contributed by atoms with van der Waals surface area (Å²) >= 11 is 0. The van der Waals surface area contributed by atoms with Gasteiger partial charge in [-0.2, -0.15) is 0 Å². The lowest BCUT2D eigenvalue weighted by atomic mass is 10.0. The van der Waals surface area contributed by atoms with Gasteiger partial charge in [0.05, 0.1) is 12.5 Å². The number of aliphatic carboxylic acids is 2. The number of hydrogen-bond donors (Lipinski definition) is 9. The van der Waals surface area contributed by atoms with Gasteiger partial charge in [0, 0.05) is 0 Å². The summed E-state index contributed by atoms with van der Waals surface area (Å²) in [6.07, 6.45) is 0.158. The number of carboxylic acid groups (broad SMARTS) is 2. The fraction of sp³-hybridized carbons (Fsp3) is 0.750. The van der Waals surface area contributed by atoms with E-state index in [0.29, 0.717) is 38.8 Å². The zero-order valence-electron chi connectivity index (χ0n) is 19.4. The number of nitrogens with one attached hydrogen (secondary N) is 3. The third-order valence-electron chi connectivity index (χ3n) is 4.98. The van der Waals surface area contributed by atoms with Crippen molar-refractivity contribution in [2.45, 2.75) is 82.1 Å². The maximum atomic E-state index is 12.8. The van der Waals surface area contributed by atoms with E-state index in [0.717, 1.165) is 0 Å². The summed E-state index contributed by atoms with van der Waals surface area (Å²) in [4.78, 5) is 60.4. The highest BCUT2D eigenvalue weighted by atomic mass is 16.4. The monoisotopic (exact) mass is 490 g/mol. The molecule has 34 heavy (non-hydrogen) atoms. The third kappa shape index (κ3) is 12.4. The van der Waals surface area contributed by atoms with Crippen molar-refractivity contribution in [2.75, 3.05) is 13.1 Å². The Morgan fingerprint density at radius 3 is 1.62 bits per heavy atom. The molecule has 14 heteroatoms. The van der Waals surface area contributed by atoms with Crippen LogP contribution >= 0.6 is 0 Å². The second kappa shape index (κ2) is 16.7. The first-order valence-electron chi connectivity index (χ1n) is 11.1. The minimum atomic E-state index is -1.58. The van der Waals surface area contributed by atoms with E-state index >= 15 is 0 Å². The summed E-state index contributed by atoms with van der Waals surface area (Å²) in [6, 6.07) is -5.39. The van der Waals surface area contributed by atoms with Crippen LogP contribution < -0.4 is 33.2 Å². The van der Waals surface area contributed by atoms with Crippen molar-refractivity contribution in [3.63, 3.8) is 0 Å². The summed E-state index contributed by atoms with van der Waals surface area (Å²) in [6.45, 7) is 1.95. The number of carbonyl (C=O) groups excluding carboxylic acids is 3. The molecule has 5 unspecified atom stereocenters. The van der Waals surface area contributed by atoms with Crippen LogP contribution in [0.2, 0.25) is 0 Å². The van der Waals surface area contributed by atoms with Crippen LogP contribution in [-0.2, 0) is 24.0 Å². The smallest absolute Gasteiger partial charge is 0.326 e. The Morgan fingerprint density at radius 1 is 0.735 bits per heavy atom. The number of nitrogens with two attached hydrogens (primary N) is 3. The molecule has 5 atom stereocenters. The topological polar surface area (TPSA) is 260 Å². The van der Waals surface area contributed by atoms with E-state index < -0.39 is 66.4 Å². The van der Waals surface area contributed by atoms with E-state index in [9.17, 15) is 34.2 Å². The molecular formula is C20H38N6O8. The molecule has 0 saturated heterocycles. The van der Waals surface area contributed by atoms with Crippen LogP contribution in [0.1, 0.15) is 51.9 Å². The van der Waals surface area contributed by atoms with Crippen LogP contribution in [0.4, 0.5) is 0 Å². The summed E-state index contributed by atoms with van der Waals surface area (Å²) in [5.41, 5.74) is 16.4. The van der Waals surface area contributed by atoms with Gasteiger partial charge in [0.25, 0.3) is 0 Å². The highest BCUT2D eigenvalue weighted by molar-refractivity contribution is 5.95. The summed E-state index contributed by atoms with van der Waals surface area (Å²) in [5, 5.41) is 34.9. The first-order chi connectivity index (χ1) is 15.9. The van der Waals surface area contributed by atoms with Gasteiger partial charge in [0.1, 0.15) is 24.2 Å². The minimum Gasteiger partial charge on any atom is -0.481 e. The van der Waals surface area contributed by atoms with Crippen molar-refractivity contribution in [1.82, 2.24) is 16.0 Å². The predicted octanol–water partition coefficient (Wildman–Crippen LogP) is -3.03. The zero-order valence-corrected chi connectivity index (χ0v) is 19.4. The fourth-order valence-electron chi connectivity index (χ4n) is 2.93. The second-order valence-corrected chi connectivity index (χ2v) is 7.95. The molecule has 3 amide bonds. The Kier molecular flexibility index (Phi) is 15.4. The molecule has 0 aliphatic heterocycles. The van der Waals surface area contributed by atoms with Gasteiger partial charge in [0.2, 0.25) is 17.7 Å². The number of aliphatic hydroxyl groups is 1. The highest BCUT2D eigenvalue weighted by Crippen LogP contribution is 2.06. The number of hydrogen-bond acceptors (Lipinski definition) is 9. The number of aliphatic hydroxyl groups excluding tert-OH is 1. The summed E-state index contributed by atoms with van der Waals surface area (Å²) < 4.78 is 0. The highest BCUT2D eigenvalue weighted by Gasteiger charge is 2.31. The van der Waals surface area contributed by atoms with Crippen molar-refractivity contribution >= 4 is 29.7 Å². The van der Waals surface area contributed by atoms with Crippen LogP contribution in [0.15, 0.2) is 0 Å². The Hall–Kier alpha value is -2.81. The molecule has 0 aromatic heterocycles. The maximum Gasteiger partial charge on any atom is 0.326 e. The van der Waals surface area contributed by atoms with Gasteiger partial charge in [-0.3, -0.25) is 19.2 Å². The second-order valence-electron chi connectivity index (χ2n) is 7.95. The summed E-state index contributed by atoms with van der Waals surface area (Å²) in [7, 11) is 0. The number of carbonyl (C=O) groups is 5. The lowest BCUT2D eigenvalue weighted by molar-refractivity contribution is -0.143. The first-order valence-corrected chi connectivity index (χ1v) is 11.1. The molecular weight excluding hydrogens is 452 g/mol. The van der Waals surface area contributed by atoms with Gasteiger partial charge in [-0.1, -0.05) is 0 Å². The van der Waals surface area contributed by atoms with E-state index in [2.05, 4.69) is 16.0 Å². The van der Waals surface area contributed by atoms with Gasteiger partial charge in [0.15, 0.2) is 0 Å². The first kappa shape index (κ1) is 31.2. The molecule has 0 bridgehead atoms. The zero-order chi connectivity index (χ0) is 26.3. The molecule has 0 aromatic rings. The van der Waals surface area contributed by atoms with Crippen LogP contribution in [0, 0.1) is 0 Å². The molecule has 12 N–H and O–H groups in total. The van der Waals surface area contributed by atoms with E-state index in [1.165, 1.54) is 6.92 Å². The van der Waals surface area contributed by atoms with Gasteiger partial charge < -0.3 is 48.5 Å². The molecule has 0 saturated carbocycles. The predicted molar refractivity (Wildman–Crippen MR) is 121 cm³/mol. The lowest BCUT2D eigenvalue weighted by Crippen LogP contribution is -2.58. The number of unbranched alkanes of at least 4 members (excludes halogenated alkanes) is 2. The molecule has 0 aromatic carbocycles. The van der Waals surface area contributed by atoms with Crippen molar-refractivity contribution in [3.8, 4) is 0 Å². The Bertz CT molecular complexity index is 690. The van der Waals surface area contributed by atoms with Crippen molar-refractivity contribution in [3.05, 3.63) is 0 Å². The molecule has 196 valence electrons. The molecule has 0 aliphatic carbocycles. The third-order valence-corrected chi connectivity index (χ3v) is 4.98. The minimum absolute atomic E-state index is 0.102. The molecule has 0 rings (SSSR count). The quantitative estimate of drug-likeness (QED) is 0.0872. The van der Waals surface area contributed by atoms with Crippen LogP contribution in [0.3, 0.4) is 0 Å². The lowest BCUT2D eigenvalue weighted by Gasteiger charge is -2.25. The Morgan fingerprint density at radius 2 is 1.18 bits per heavy atom. The summed E-state index contributed by atoms with van der Waals surface area (Å²) in [5.74, 6) is -5.35. The maximum absolute atomic E-state index is 12.8. The molecule has 14 nitrogen and oxygen atoms in total. The SMILES string of the molecule is CC(O)C(N)C(=O)NC(CC(=O)O)C(=O)NC(CCCCN)C(=O)NC(CCCCN)C(=O)O. The fourth-order valence-corrected chi connectivity index (χ4v) is 2.93. The van der Waals surface area contributed by atoms with Crippen LogP contribution in [-0.4, -0.2) is 88.3 Å². The Balaban J connectivity index is 5.49. The number of rotatable bonds is 18. The van der Waals surface area contributed by atoms with Crippen molar-refractivity contribution in [2.24, 2.45) is 17.2 Å². The van der Waals surface area contributed by atoms with E-state index in [4.69, 9.17) is 22.3 Å². The van der Waals surface area contributed by atoms with Crippen molar-refractivity contribution in [1.29, 1.82) is 0 Å². The van der Waals surface area contributed by atoms with Gasteiger partial charge in [-0.15, -0.1) is 0 Å². The average Bonchev–Trinajstić information content (AvgIpc) is 2.76. The molecule has 0 fully saturated rings. The Labute approximate surface area is 198 Å². The van der Waals surface area contributed by atoms with Crippen LogP contribution in [0.25, 0.3) is 0 Å². The van der Waals surface area contributed by atoms with Gasteiger partial charge in [-0.05, 0) is 58.5 Å². The van der Waals surface area contributed by atoms with E-state index in [1.807, 2.05) is 0 Å². The number of carboxylic acids is 2. The van der Waals surface area contributed by atoms with Crippen LogP contribution in [0.5, 0.6) is 0 Å². The van der Waals surface area contributed by atoms with Gasteiger partial charge >= 0.3 is 11.9 Å². The normalized spacial score (nSPS) is 15.3. The van der Waals surface area contributed by atoms with E-state index in [1.54, 1.807) is 0 Å². The average molecular weight is 491 g/mol. The van der Waals surface area contributed by atoms with Crippen molar-refractivity contribution < 1.29 is 39.3 Å². The molecule has 0 heterocycles. The standard InChI is InChI=1S/C20H38N6O8/c1-11(27)16(23)19(32)26-14(10-15(28)29)18(31)24-12(6-2-4-8-21)17(30)25-13(20(33)34)7-3-5-9-22/h11-14,16,27H,2-10,21-23H2,1H3,(H,24,31)(H,25,30)(H,26,32)(H,28,29)(H,33,34). The number of amides is 3. The molecule has 0 aliphatic rings. The largest absolute Gasteiger partial charge is 0.481 e. The molecule has 0 radical (unpaired) electrons. The van der Waals surface area contributed by atoms with Gasteiger partial charge in [-0.25, -0.2) is 4.79 Å².